The Labute approximate surface area is 159 Å². The minimum absolute atomic E-state index is 0.163. The summed E-state index contributed by atoms with van der Waals surface area (Å²) in [5.41, 5.74) is 10.1. The molecule has 1 fully saturated rings. The molecule has 146 valence electrons. The van der Waals surface area contributed by atoms with E-state index in [1.165, 1.54) is 22.5 Å². The van der Waals surface area contributed by atoms with E-state index in [-0.39, 0.29) is 12.2 Å². The third-order valence-corrected chi connectivity index (χ3v) is 5.15. The summed E-state index contributed by atoms with van der Waals surface area (Å²) in [5, 5.41) is 5.95. The van der Waals surface area contributed by atoms with Crippen LogP contribution in [0.25, 0.3) is 5.70 Å². The third kappa shape index (κ3) is 4.05. The summed E-state index contributed by atoms with van der Waals surface area (Å²) >= 11 is 0. The van der Waals surface area contributed by atoms with Gasteiger partial charge in [-0.1, -0.05) is 13.0 Å². The van der Waals surface area contributed by atoms with E-state index in [1.807, 2.05) is 19.1 Å². The van der Waals surface area contributed by atoms with Crippen LogP contribution in [0, 0.1) is 12.8 Å². The maximum Gasteiger partial charge on any atom is 0.346 e. The van der Waals surface area contributed by atoms with E-state index in [0.717, 1.165) is 29.9 Å². The second kappa shape index (κ2) is 7.56. The van der Waals surface area contributed by atoms with Gasteiger partial charge in [0.25, 0.3) is 0 Å². The number of likely N-dealkylation sites (N-methyl/N-ethyl adjacent to an activating group) is 1. The molecule has 0 atom stereocenters. The lowest BCUT2D eigenvalue weighted by Crippen LogP contribution is -2.34. The zero-order valence-electron chi connectivity index (χ0n) is 16.6. The molecule has 2 aromatic rings. The average molecular weight is 371 g/mol. The van der Waals surface area contributed by atoms with E-state index in [9.17, 15) is 4.79 Å². The third-order valence-electron chi connectivity index (χ3n) is 5.15. The molecular formula is C19H29N7O. The largest absolute Gasteiger partial charge is 0.395 e. The molecule has 0 saturated heterocycles. The Bertz CT molecular complexity index is 919. The van der Waals surface area contributed by atoms with E-state index in [4.69, 9.17) is 11.6 Å². The number of nitrogens with two attached hydrogens (primary N) is 2. The fourth-order valence-electron chi connectivity index (χ4n) is 3.15. The zero-order valence-corrected chi connectivity index (χ0v) is 16.6. The zero-order chi connectivity index (χ0) is 19.7. The van der Waals surface area contributed by atoms with E-state index in [2.05, 4.69) is 17.0 Å². The van der Waals surface area contributed by atoms with Crippen molar-refractivity contribution in [1.29, 1.82) is 0 Å². The number of nitrogens with zero attached hydrogens (tertiary/aromatic N) is 5. The summed E-state index contributed by atoms with van der Waals surface area (Å²) in [5.74, 6) is 7.49. The van der Waals surface area contributed by atoms with Crippen LogP contribution in [0.3, 0.4) is 0 Å². The summed E-state index contributed by atoms with van der Waals surface area (Å²) in [4.78, 5) is 17.2. The van der Waals surface area contributed by atoms with Crippen molar-refractivity contribution < 1.29 is 0 Å². The number of allylic oxidation sites excluding steroid dienone is 1. The Hall–Kier alpha value is -2.61. The molecule has 1 aliphatic rings. The molecule has 3 rings (SSSR count). The van der Waals surface area contributed by atoms with Crippen molar-refractivity contribution in [1.82, 2.24) is 24.3 Å². The minimum atomic E-state index is -0.163. The van der Waals surface area contributed by atoms with E-state index < -0.39 is 0 Å². The van der Waals surface area contributed by atoms with Crippen molar-refractivity contribution in [3.8, 4) is 0 Å². The first-order valence-corrected chi connectivity index (χ1v) is 9.38. The standard InChI is InChI=1S/C19H29N7O/c1-5-14-12(2)6-9-15(22-14)18(20)16(25(4)21)11-26-19(27)24(3)17(23-26)10-13-7-8-13/h6,9,13H,5,7-8,10-11,20-21H2,1-4H3/b18-16-. The molecule has 0 aromatic carbocycles. The van der Waals surface area contributed by atoms with Crippen LogP contribution in [0.4, 0.5) is 0 Å². The van der Waals surface area contributed by atoms with Gasteiger partial charge in [-0.3, -0.25) is 9.55 Å². The number of hydrogen-bond acceptors (Lipinski definition) is 6. The van der Waals surface area contributed by atoms with E-state index in [1.54, 1.807) is 18.7 Å². The molecule has 27 heavy (non-hydrogen) atoms. The van der Waals surface area contributed by atoms with Crippen molar-refractivity contribution in [2.24, 2.45) is 24.5 Å². The number of hydrogen-bond donors (Lipinski definition) is 2. The number of rotatable bonds is 7. The molecule has 0 aliphatic heterocycles. The fourth-order valence-corrected chi connectivity index (χ4v) is 3.15. The van der Waals surface area contributed by atoms with Gasteiger partial charge in [0.1, 0.15) is 5.82 Å². The van der Waals surface area contributed by atoms with Gasteiger partial charge in [0.15, 0.2) is 0 Å². The normalized spacial score (nSPS) is 15.0. The molecule has 0 bridgehead atoms. The molecular weight excluding hydrogens is 342 g/mol. The van der Waals surface area contributed by atoms with Crippen molar-refractivity contribution >= 4 is 5.70 Å². The summed E-state index contributed by atoms with van der Waals surface area (Å²) in [6.07, 6.45) is 4.09. The highest BCUT2D eigenvalue weighted by Gasteiger charge is 2.25. The summed E-state index contributed by atoms with van der Waals surface area (Å²) in [6, 6.07) is 3.88. The van der Waals surface area contributed by atoms with Crippen LogP contribution in [0.2, 0.25) is 0 Å². The van der Waals surface area contributed by atoms with Crippen LogP contribution in [0.15, 0.2) is 22.6 Å². The molecule has 0 amide bonds. The Morgan fingerprint density at radius 1 is 1.37 bits per heavy atom. The molecule has 4 N–H and O–H groups in total. The van der Waals surface area contributed by atoms with Crippen LogP contribution in [-0.4, -0.2) is 31.4 Å². The SMILES string of the molecule is CCc1nc(/C(N)=C(\Cn2nc(CC3CC3)n(C)c2=O)N(C)N)ccc1C. The Morgan fingerprint density at radius 3 is 2.67 bits per heavy atom. The molecule has 1 saturated carbocycles. The van der Waals surface area contributed by atoms with Gasteiger partial charge < -0.3 is 10.7 Å². The predicted molar refractivity (Wildman–Crippen MR) is 105 cm³/mol. The molecule has 0 spiro atoms. The van der Waals surface area contributed by atoms with Crippen LogP contribution >= 0.6 is 0 Å². The van der Waals surface area contributed by atoms with Gasteiger partial charge in [-0.2, -0.15) is 5.10 Å². The van der Waals surface area contributed by atoms with Gasteiger partial charge in [-0.15, -0.1) is 0 Å². The maximum absolute atomic E-state index is 12.6. The smallest absolute Gasteiger partial charge is 0.346 e. The van der Waals surface area contributed by atoms with Crippen LogP contribution in [0.5, 0.6) is 0 Å². The second-order valence-corrected chi connectivity index (χ2v) is 7.35. The van der Waals surface area contributed by atoms with Gasteiger partial charge in [0.2, 0.25) is 0 Å². The van der Waals surface area contributed by atoms with Crippen molar-refractivity contribution in [3.05, 3.63) is 51.1 Å². The highest BCUT2D eigenvalue weighted by molar-refractivity contribution is 5.62. The quantitative estimate of drug-likeness (QED) is 0.554. The first kappa shape index (κ1) is 19.2. The van der Waals surface area contributed by atoms with Crippen molar-refractivity contribution in [3.63, 3.8) is 0 Å². The van der Waals surface area contributed by atoms with Crippen LogP contribution in [-0.2, 0) is 26.4 Å². The minimum Gasteiger partial charge on any atom is -0.395 e. The molecule has 8 heteroatoms. The Balaban J connectivity index is 1.96. The molecule has 0 unspecified atom stereocenters. The van der Waals surface area contributed by atoms with Gasteiger partial charge in [-0.25, -0.2) is 15.3 Å². The monoisotopic (exact) mass is 371 g/mol. The molecule has 8 nitrogen and oxygen atoms in total. The van der Waals surface area contributed by atoms with Gasteiger partial charge >= 0.3 is 5.69 Å². The van der Waals surface area contributed by atoms with Crippen LogP contribution < -0.4 is 17.3 Å². The van der Waals surface area contributed by atoms with Gasteiger partial charge in [-0.05, 0) is 43.7 Å². The molecule has 2 heterocycles. The lowest BCUT2D eigenvalue weighted by molar-refractivity contribution is 0.400. The first-order chi connectivity index (χ1) is 12.8. The number of aryl methyl sites for hydroxylation is 2. The highest BCUT2D eigenvalue weighted by Crippen LogP contribution is 2.31. The summed E-state index contributed by atoms with van der Waals surface area (Å²) < 4.78 is 3.04. The molecule has 0 radical (unpaired) electrons. The van der Waals surface area contributed by atoms with E-state index >= 15 is 0 Å². The second-order valence-electron chi connectivity index (χ2n) is 7.35. The number of aromatic nitrogens is 4. The highest BCUT2D eigenvalue weighted by atomic mass is 16.2. The summed E-state index contributed by atoms with van der Waals surface area (Å²) in [6.45, 7) is 4.29. The lowest BCUT2D eigenvalue weighted by Gasteiger charge is -2.19. The van der Waals surface area contributed by atoms with E-state index in [0.29, 0.717) is 23.0 Å². The number of pyridine rings is 1. The average Bonchev–Trinajstić information content (AvgIpc) is 3.42. The topological polar surface area (TPSA) is 108 Å². The lowest BCUT2D eigenvalue weighted by atomic mass is 10.1. The predicted octanol–water partition coefficient (Wildman–Crippen LogP) is 0.933. The van der Waals surface area contributed by atoms with Crippen molar-refractivity contribution in [2.45, 2.75) is 46.1 Å². The number of hydrazine groups is 1. The molecule has 2 aromatic heterocycles. The fraction of sp³-hybridized carbons (Fsp3) is 0.526. The molecule has 1 aliphatic carbocycles. The van der Waals surface area contributed by atoms with Crippen molar-refractivity contribution in [2.75, 3.05) is 7.05 Å². The van der Waals surface area contributed by atoms with Gasteiger partial charge in [0, 0.05) is 26.2 Å². The van der Waals surface area contributed by atoms with Crippen LogP contribution in [0.1, 0.15) is 42.5 Å². The Kier molecular flexibility index (Phi) is 5.36. The summed E-state index contributed by atoms with van der Waals surface area (Å²) in [7, 11) is 3.47. The maximum atomic E-state index is 12.6. The Morgan fingerprint density at radius 2 is 2.07 bits per heavy atom. The van der Waals surface area contributed by atoms with Gasteiger partial charge in [0.05, 0.1) is 23.6 Å². The first-order valence-electron chi connectivity index (χ1n) is 9.38.